The maximum atomic E-state index is 12.7. The van der Waals surface area contributed by atoms with Crippen LogP contribution in [0.2, 0.25) is 0 Å². The molecule has 4 aliphatic rings. The summed E-state index contributed by atoms with van der Waals surface area (Å²) in [5.41, 5.74) is -0.0933. The summed E-state index contributed by atoms with van der Waals surface area (Å²) in [6.45, 7) is 1.31. The van der Waals surface area contributed by atoms with Crippen LogP contribution >= 0.6 is 11.3 Å². The van der Waals surface area contributed by atoms with Crippen LogP contribution < -0.4 is 10.6 Å². The topological polar surface area (TPSA) is 74.6 Å². The summed E-state index contributed by atoms with van der Waals surface area (Å²) in [6.07, 6.45) is 8.83. The summed E-state index contributed by atoms with van der Waals surface area (Å²) in [5.74, 6) is 2.78. The van der Waals surface area contributed by atoms with E-state index in [4.69, 9.17) is 4.42 Å². The first-order chi connectivity index (χ1) is 14.6. The lowest BCUT2D eigenvalue weighted by molar-refractivity contribution is -0.121. The summed E-state index contributed by atoms with van der Waals surface area (Å²) >= 11 is 1.66. The lowest BCUT2D eigenvalue weighted by atomic mass is 9.53. The Morgan fingerprint density at radius 3 is 2.40 bits per heavy atom. The number of nitrogens with zero attached hydrogens (tertiary/aromatic N) is 1. The molecule has 2 heterocycles. The first-order valence-electron chi connectivity index (χ1n) is 10.9. The Kier molecular flexibility index (Phi) is 5.41. The van der Waals surface area contributed by atoms with E-state index in [1.54, 1.807) is 17.6 Å². The van der Waals surface area contributed by atoms with E-state index in [9.17, 15) is 9.59 Å². The van der Waals surface area contributed by atoms with Gasteiger partial charge in [-0.2, -0.15) is 0 Å². The number of hydrogen-bond acceptors (Lipinski definition) is 5. The van der Waals surface area contributed by atoms with Crippen molar-refractivity contribution < 1.29 is 14.0 Å². The minimum absolute atomic E-state index is 0.0933. The molecule has 4 saturated carbocycles. The highest BCUT2D eigenvalue weighted by molar-refractivity contribution is 7.09. The van der Waals surface area contributed by atoms with Crippen LogP contribution in [0.25, 0.3) is 0 Å². The average Bonchev–Trinajstić information content (AvgIpc) is 3.33. The maximum Gasteiger partial charge on any atom is 0.321 e. The molecule has 4 bridgehead atoms. The van der Waals surface area contributed by atoms with Gasteiger partial charge >= 0.3 is 6.03 Å². The summed E-state index contributed by atoms with van der Waals surface area (Å²) in [7, 11) is 0. The normalized spacial score (nSPS) is 29.3. The average molecular weight is 428 g/mol. The summed E-state index contributed by atoms with van der Waals surface area (Å²) in [6, 6.07) is 7.47. The molecule has 0 spiro atoms. The highest BCUT2D eigenvalue weighted by atomic mass is 32.1. The van der Waals surface area contributed by atoms with E-state index in [0.29, 0.717) is 13.1 Å². The van der Waals surface area contributed by atoms with Gasteiger partial charge in [-0.15, -0.1) is 11.3 Å². The largest absolute Gasteiger partial charge is 0.468 e. The Hall–Kier alpha value is -2.12. The maximum absolute atomic E-state index is 12.7. The second kappa shape index (κ2) is 8.19. The van der Waals surface area contributed by atoms with Crippen molar-refractivity contribution in [2.45, 2.75) is 57.2 Å². The first kappa shape index (κ1) is 19.8. The summed E-state index contributed by atoms with van der Waals surface area (Å²) in [5, 5.41) is 7.83. The fourth-order valence-corrected chi connectivity index (χ4v) is 7.06. The zero-order valence-corrected chi connectivity index (χ0v) is 18.0. The van der Waals surface area contributed by atoms with Gasteiger partial charge in [-0.1, -0.05) is 6.07 Å². The van der Waals surface area contributed by atoms with Gasteiger partial charge in [-0.3, -0.25) is 15.0 Å². The van der Waals surface area contributed by atoms with E-state index in [1.165, 1.54) is 24.1 Å². The molecule has 0 aliphatic heterocycles. The van der Waals surface area contributed by atoms with Crippen LogP contribution in [0.15, 0.2) is 40.3 Å². The Morgan fingerprint density at radius 1 is 1.07 bits per heavy atom. The lowest BCUT2D eigenvalue weighted by Gasteiger charge is -2.56. The van der Waals surface area contributed by atoms with Crippen LogP contribution in [0.1, 0.15) is 49.2 Å². The lowest BCUT2D eigenvalue weighted by Crippen LogP contribution is -2.62. The third-order valence-electron chi connectivity index (χ3n) is 6.96. The van der Waals surface area contributed by atoms with Gasteiger partial charge in [-0.25, -0.2) is 4.79 Å². The molecule has 6 nitrogen and oxygen atoms in total. The Balaban J connectivity index is 1.18. The zero-order chi connectivity index (χ0) is 20.6. The molecule has 4 fully saturated rings. The molecule has 2 aromatic rings. The van der Waals surface area contributed by atoms with Gasteiger partial charge in [0.2, 0.25) is 5.91 Å². The number of rotatable bonds is 7. The predicted molar refractivity (Wildman–Crippen MR) is 115 cm³/mol. The highest BCUT2D eigenvalue weighted by Crippen LogP contribution is 2.55. The van der Waals surface area contributed by atoms with E-state index >= 15 is 0 Å². The molecule has 0 unspecified atom stereocenters. The van der Waals surface area contributed by atoms with Crippen molar-refractivity contribution in [3.63, 3.8) is 0 Å². The molecule has 0 saturated heterocycles. The fourth-order valence-electron chi connectivity index (χ4n) is 6.32. The van der Waals surface area contributed by atoms with E-state index in [1.807, 2.05) is 28.5 Å². The Labute approximate surface area is 181 Å². The minimum atomic E-state index is -0.337. The monoisotopic (exact) mass is 427 g/mol. The van der Waals surface area contributed by atoms with Crippen molar-refractivity contribution in [1.82, 2.24) is 15.5 Å². The number of nitrogens with one attached hydrogen (secondary N) is 2. The fraction of sp³-hybridized carbons (Fsp3) is 0.565. The SMILES string of the molecule is O=C(CN(Cc1ccco1)Cc1cccs1)NC(=O)NC12CC3CC(CC(C3)C1)C2. The molecule has 4 aliphatic carbocycles. The van der Waals surface area contributed by atoms with Crippen molar-refractivity contribution in [2.24, 2.45) is 17.8 Å². The van der Waals surface area contributed by atoms with Gasteiger partial charge in [-0.05, 0) is 79.9 Å². The Morgan fingerprint density at radius 2 is 1.80 bits per heavy atom. The van der Waals surface area contributed by atoms with Crippen LogP contribution in [-0.4, -0.2) is 28.9 Å². The zero-order valence-electron chi connectivity index (χ0n) is 17.1. The van der Waals surface area contributed by atoms with Crippen molar-refractivity contribution >= 4 is 23.3 Å². The van der Waals surface area contributed by atoms with Gasteiger partial charge in [0.1, 0.15) is 5.76 Å². The van der Waals surface area contributed by atoms with E-state index in [2.05, 4.69) is 16.7 Å². The van der Waals surface area contributed by atoms with Crippen LogP contribution in [0.3, 0.4) is 0 Å². The molecule has 2 aromatic heterocycles. The minimum Gasteiger partial charge on any atom is -0.468 e. The number of imide groups is 1. The van der Waals surface area contributed by atoms with Crippen LogP contribution in [0.5, 0.6) is 0 Å². The highest BCUT2D eigenvalue weighted by Gasteiger charge is 2.51. The van der Waals surface area contributed by atoms with Gasteiger partial charge in [0.05, 0.1) is 19.4 Å². The smallest absolute Gasteiger partial charge is 0.321 e. The predicted octanol–water partition coefficient (Wildman–Crippen LogP) is 4.14. The van der Waals surface area contributed by atoms with Crippen LogP contribution in [0, 0.1) is 17.8 Å². The van der Waals surface area contributed by atoms with Gasteiger partial charge in [0.15, 0.2) is 0 Å². The molecule has 0 radical (unpaired) electrons. The molecule has 7 heteroatoms. The summed E-state index contributed by atoms with van der Waals surface area (Å²) in [4.78, 5) is 28.5. The van der Waals surface area contributed by atoms with E-state index in [0.717, 1.165) is 42.8 Å². The number of hydrogen-bond donors (Lipinski definition) is 2. The second-order valence-electron chi connectivity index (χ2n) is 9.50. The van der Waals surface area contributed by atoms with Crippen LogP contribution in [0.4, 0.5) is 4.79 Å². The van der Waals surface area contributed by atoms with E-state index in [-0.39, 0.29) is 24.0 Å². The summed E-state index contributed by atoms with van der Waals surface area (Å²) < 4.78 is 5.46. The number of furan rings is 1. The number of carbonyl (C=O) groups is 2. The number of thiophene rings is 1. The van der Waals surface area contributed by atoms with Gasteiger partial charge in [0.25, 0.3) is 0 Å². The van der Waals surface area contributed by atoms with Crippen molar-refractivity contribution in [1.29, 1.82) is 0 Å². The van der Waals surface area contributed by atoms with Crippen molar-refractivity contribution in [2.75, 3.05) is 6.54 Å². The van der Waals surface area contributed by atoms with Gasteiger partial charge < -0.3 is 9.73 Å². The van der Waals surface area contributed by atoms with Crippen molar-refractivity contribution in [3.05, 3.63) is 46.5 Å². The molecular weight excluding hydrogens is 398 g/mol. The second-order valence-corrected chi connectivity index (χ2v) is 10.5. The van der Waals surface area contributed by atoms with E-state index < -0.39 is 0 Å². The number of carbonyl (C=O) groups excluding carboxylic acids is 2. The molecule has 3 amide bonds. The number of urea groups is 1. The molecule has 0 atom stereocenters. The van der Waals surface area contributed by atoms with Crippen LogP contribution in [-0.2, 0) is 17.9 Å². The molecule has 6 rings (SSSR count). The third kappa shape index (κ3) is 4.47. The molecule has 2 N–H and O–H groups in total. The molecule has 30 heavy (non-hydrogen) atoms. The molecule has 0 aromatic carbocycles. The standard InChI is InChI=1S/C23H29N3O3S/c27-21(15-26(13-19-3-1-5-29-19)14-20-4-2-6-30-20)24-22(28)25-23-10-16-7-17(11-23)9-18(8-16)12-23/h1-6,16-18H,7-15H2,(H2,24,25,27,28). The quantitative estimate of drug-likeness (QED) is 0.697. The third-order valence-corrected chi connectivity index (χ3v) is 7.82. The van der Waals surface area contributed by atoms with Gasteiger partial charge in [0, 0.05) is 17.0 Å². The number of amides is 3. The molecular formula is C23H29N3O3S. The Bertz CT molecular complexity index is 806. The van der Waals surface area contributed by atoms with Crippen molar-refractivity contribution in [3.8, 4) is 0 Å². The first-order valence-corrected chi connectivity index (χ1v) is 11.8. The molecule has 160 valence electrons.